The number of ketones is 1. The van der Waals surface area contributed by atoms with Crippen molar-refractivity contribution in [3.05, 3.63) is 95.6 Å². The molecule has 2 atom stereocenters. The lowest BCUT2D eigenvalue weighted by Gasteiger charge is -2.37. The lowest BCUT2D eigenvalue weighted by molar-refractivity contribution is -0.129. The molecule has 15 heteroatoms. The van der Waals surface area contributed by atoms with Gasteiger partial charge in [-0.3, -0.25) is 43.4 Å². The minimum absolute atomic E-state index is 0.0364. The van der Waals surface area contributed by atoms with Crippen LogP contribution in [-0.4, -0.2) is 117 Å². The van der Waals surface area contributed by atoms with Gasteiger partial charge in [0.2, 0.25) is 23.6 Å². The van der Waals surface area contributed by atoms with E-state index in [4.69, 9.17) is 0 Å². The molecular weight excluding hydrogens is 783 g/mol. The van der Waals surface area contributed by atoms with Gasteiger partial charge in [0.05, 0.1) is 24.5 Å². The number of thioether (sulfide) groups is 1. The van der Waals surface area contributed by atoms with Crippen molar-refractivity contribution in [1.29, 1.82) is 0 Å². The number of rotatable bonds is 18. The predicted octanol–water partition coefficient (Wildman–Crippen LogP) is 3.98. The zero-order valence-corrected chi connectivity index (χ0v) is 36.0. The first-order valence-corrected chi connectivity index (χ1v) is 22.1. The molecule has 3 aromatic carbocycles. The fraction of sp³-hybridized carbons (Fsp3) is 0.444. The Morgan fingerprint density at radius 2 is 1.45 bits per heavy atom. The second-order valence-corrected chi connectivity index (χ2v) is 15.7. The molecule has 0 unspecified atom stereocenters. The van der Waals surface area contributed by atoms with Crippen LogP contribution in [0.4, 0.5) is 11.4 Å². The van der Waals surface area contributed by atoms with Crippen molar-refractivity contribution in [2.45, 2.75) is 70.9 Å². The van der Waals surface area contributed by atoms with Crippen molar-refractivity contribution < 1.29 is 33.6 Å². The summed E-state index contributed by atoms with van der Waals surface area (Å²) in [5.74, 6) is -1.11. The van der Waals surface area contributed by atoms with Crippen molar-refractivity contribution in [2.75, 3.05) is 68.1 Å². The van der Waals surface area contributed by atoms with Gasteiger partial charge in [-0.1, -0.05) is 68.8 Å². The summed E-state index contributed by atoms with van der Waals surface area (Å²) in [7, 11) is 1.52. The van der Waals surface area contributed by atoms with E-state index in [1.807, 2.05) is 49.6 Å². The van der Waals surface area contributed by atoms with E-state index in [9.17, 15) is 33.6 Å². The molecule has 0 saturated carbocycles. The Morgan fingerprint density at radius 3 is 2.08 bits per heavy atom. The highest BCUT2D eigenvalue weighted by Crippen LogP contribution is 2.35. The Hall–Kier alpha value is -5.54. The van der Waals surface area contributed by atoms with Gasteiger partial charge in [-0.2, -0.15) is 11.8 Å². The Kier molecular flexibility index (Phi) is 19.3. The molecule has 5 rings (SSSR count). The highest BCUT2D eigenvalue weighted by Gasteiger charge is 2.34. The predicted molar refractivity (Wildman–Crippen MR) is 236 cm³/mol. The molecule has 0 aromatic heterocycles. The van der Waals surface area contributed by atoms with Crippen LogP contribution in [0.3, 0.4) is 0 Å². The first-order valence-electron chi connectivity index (χ1n) is 20.7. The lowest BCUT2D eigenvalue weighted by atomic mass is 10.0. The van der Waals surface area contributed by atoms with E-state index in [1.165, 1.54) is 11.9 Å². The Balaban J connectivity index is 0.000000479. The van der Waals surface area contributed by atoms with Gasteiger partial charge in [-0.05, 0) is 86.7 Å². The second kappa shape index (κ2) is 24.5. The number of amides is 6. The van der Waals surface area contributed by atoms with E-state index < -0.39 is 23.9 Å². The van der Waals surface area contributed by atoms with Crippen LogP contribution in [0.5, 0.6) is 0 Å². The molecule has 3 aromatic rings. The lowest BCUT2D eigenvalue weighted by Crippen LogP contribution is -2.54. The smallest absolute Gasteiger partial charge is 0.252 e. The quantitative estimate of drug-likeness (QED) is 0.148. The number of anilines is 2. The number of piperidine rings is 1. The minimum atomic E-state index is -0.970. The average Bonchev–Trinajstić information content (AvgIpc) is 3.28. The molecule has 2 heterocycles. The second-order valence-electron chi connectivity index (χ2n) is 14.7. The van der Waals surface area contributed by atoms with Crippen LogP contribution in [0.2, 0.25) is 0 Å². The van der Waals surface area contributed by atoms with Gasteiger partial charge in [0.15, 0.2) is 5.78 Å². The summed E-state index contributed by atoms with van der Waals surface area (Å²) in [5.41, 5.74) is 2.77. The van der Waals surface area contributed by atoms with Crippen LogP contribution in [0.1, 0.15) is 78.7 Å². The third kappa shape index (κ3) is 14.0. The van der Waals surface area contributed by atoms with Crippen molar-refractivity contribution in [3.8, 4) is 0 Å². The van der Waals surface area contributed by atoms with Crippen LogP contribution in [0.15, 0.2) is 78.9 Å². The van der Waals surface area contributed by atoms with Crippen LogP contribution in [0, 0.1) is 0 Å². The third-order valence-electron chi connectivity index (χ3n) is 10.2. The third-order valence-corrected chi connectivity index (χ3v) is 10.9. The molecule has 6 amide bonds. The number of carbonyl (C=O) groups excluding carboxylic acids is 7. The Morgan fingerprint density at radius 1 is 0.767 bits per heavy atom. The van der Waals surface area contributed by atoms with Gasteiger partial charge < -0.3 is 26.2 Å². The molecule has 0 bridgehead atoms. The summed E-state index contributed by atoms with van der Waals surface area (Å²) >= 11 is 1.57. The number of nitrogens with one attached hydrogen (secondary N) is 4. The van der Waals surface area contributed by atoms with E-state index in [1.54, 1.807) is 66.1 Å². The molecule has 1 saturated heterocycles. The summed E-state index contributed by atoms with van der Waals surface area (Å²) in [4.78, 5) is 94.3. The standard InChI is InChI=1S/C34H46N6O5S.C11H13NO2/c1-4-16-39-28-14-13-25(21-29(28)40(23-31(39)42)30(41)22-38-17-9-6-10-18-38)32(43)37-27(20-24-11-7-5-8-12-24)34(45)36-26(15-19-46-3)33(44)35-2;1-2-10(13)8-12-11(14)9-6-4-3-5-7-9/h5,7-8,11-14,21,26-27H,4,6,9-10,15-20,22-23H2,1-3H3,(H,35,44)(H,36,45)(H,37,43);3-7H,2,8H2,1H3,(H,12,14)/t26-,27-;/m0./s1. The summed E-state index contributed by atoms with van der Waals surface area (Å²) < 4.78 is 0. The maximum absolute atomic E-state index is 13.8. The Labute approximate surface area is 357 Å². The van der Waals surface area contributed by atoms with Crippen LogP contribution < -0.4 is 31.1 Å². The van der Waals surface area contributed by atoms with Crippen LogP contribution >= 0.6 is 11.8 Å². The number of nitrogens with zero attached hydrogens (tertiary/aromatic N) is 3. The molecule has 0 radical (unpaired) electrons. The molecule has 2 aliphatic rings. The summed E-state index contributed by atoms with van der Waals surface area (Å²) in [6, 6.07) is 21.4. The highest BCUT2D eigenvalue weighted by atomic mass is 32.2. The number of hydrogen-bond donors (Lipinski definition) is 4. The van der Waals surface area contributed by atoms with Gasteiger partial charge in [0, 0.05) is 37.6 Å². The molecule has 0 aliphatic carbocycles. The maximum atomic E-state index is 13.8. The van der Waals surface area contributed by atoms with E-state index in [2.05, 4.69) is 26.2 Å². The summed E-state index contributed by atoms with van der Waals surface area (Å²) in [6.07, 6.45) is 7.00. The molecule has 322 valence electrons. The van der Waals surface area contributed by atoms with E-state index in [0.29, 0.717) is 42.1 Å². The fourth-order valence-corrected chi connectivity index (χ4v) is 7.35. The van der Waals surface area contributed by atoms with Gasteiger partial charge >= 0.3 is 0 Å². The normalized spacial score (nSPS) is 14.7. The highest BCUT2D eigenvalue weighted by molar-refractivity contribution is 7.98. The van der Waals surface area contributed by atoms with Gasteiger partial charge in [-0.25, -0.2) is 0 Å². The van der Waals surface area contributed by atoms with Crippen LogP contribution in [0.25, 0.3) is 0 Å². The first kappa shape index (κ1) is 47.1. The summed E-state index contributed by atoms with van der Waals surface area (Å²) in [6.45, 7) is 6.16. The van der Waals surface area contributed by atoms with Crippen molar-refractivity contribution >= 4 is 64.4 Å². The van der Waals surface area contributed by atoms with E-state index in [0.717, 1.165) is 44.3 Å². The molecule has 1 fully saturated rings. The van der Waals surface area contributed by atoms with E-state index in [-0.39, 0.29) is 61.0 Å². The van der Waals surface area contributed by atoms with Gasteiger partial charge in [-0.15, -0.1) is 0 Å². The zero-order chi connectivity index (χ0) is 43.4. The SMILES string of the molecule is CCC(=O)CNC(=O)c1ccccc1.CCCN1C(=O)CN(C(=O)CN2CCCCC2)c2cc(C(=O)N[C@@H](Cc3ccccc3)C(=O)N[C@@H](CCSC)C(=O)NC)ccc21. The molecule has 2 aliphatic heterocycles. The number of benzene rings is 3. The maximum Gasteiger partial charge on any atom is 0.252 e. The molecule has 4 N–H and O–H groups in total. The van der Waals surface area contributed by atoms with Gasteiger partial charge in [0.1, 0.15) is 18.6 Å². The fourth-order valence-electron chi connectivity index (χ4n) is 6.88. The average molecular weight is 842 g/mol. The monoisotopic (exact) mass is 841 g/mol. The van der Waals surface area contributed by atoms with Crippen molar-refractivity contribution in [1.82, 2.24) is 26.2 Å². The number of hydrogen-bond acceptors (Lipinski definition) is 9. The number of likely N-dealkylation sites (tertiary alicyclic amines) is 1. The number of likely N-dealkylation sites (N-methyl/N-ethyl adjacent to an activating group) is 1. The van der Waals surface area contributed by atoms with E-state index >= 15 is 0 Å². The zero-order valence-electron chi connectivity index (χ0n) is 35.2. The largest absolute Gasteiger partial charge is 0.357 e. The number of Topliss-reactive ketones (excluding diaryl/α,β-unsaturated/α-hetero) is 1. The minimum Gasteiger partial charge on any atom is -0.357 e. The van der Waals surface area contributed by atoms with Gasteiger partial charge in [0.25, 0.3) is 11.8 Å². The Bertz CT molecular complexity index is 1930. The number of fused-ring (bicyclic) bond motifs is 1. The topological polar surface area (TPSA) is 177 Å². The summed E-state index contributed by atoms with van der Waals surface area (Å²) in [5, 5.41) is 10.9. The number of carbonyl (C=O) groups is 7. The van der Waals surface area contributed by atoms with Crippen molar-refractivity contribution in [3.63, 3.8) is 0 Å². The molecule has 0 spiro atoms. The molecule has 14 nitrogen and oxygen atoms in total. The van der Waals surface area contributed by atoms with Crippen LogP contribution in [-0.2, 0) is 30.4 Å². The first-order chi connectivity index (χ1) is 29.0. The molecule has 60 heavy (non-hydrogen) atoms. The molecular formula is C45H59N7O7S. The van der Waals surface area contributed by atoms with Crippen molar-refractivity contribution in [2.24, 2.45) is 0 Å².